The lowest BCUT2D eigenvalue weighted by Crippen LogP contribution is -2.68. The Hall–Kier alpha value is -3.59. The molecule has 3 aromatic carbocycles. The van der Waals surface area contributed by atoms with Crippen molar-refractivity contribution >= 4 is 11.7 Å². The van der Waals surface area contributed by atoms with Crippen LogP contribution in [-0.2, 0) is 0 Å². The van der Waals surface area contributed by atoms with Crippen molar-refractivity contribution in [2.24, 2.45) is 0 Å². The van der Waals surface area contributed by atoms with E-state index in [1.165, 1.54) is 5.56 Å². The molecule has 5 nitrogen and oxygen atoms in total. The quantitative estimate of drug-likeness (QED) is 0.559. The van der Waals surface area contributed by atoms with Gasteiger partial charge in [0.15, 0.2) is 0 Å². The zero-order chi connectivity index (χ0) is 24.0. The van der Waals surface area contributed by atoms with Crippen molar-refractivity contribution in [3.8, 4) is 11.8 Å². The Balaban J connectivity index is 1.32. The predicted molar refractivity (Wildman–Crippen MR) is 139 cm³/mol. The molecule has 1 unspecified atom stereocenters. The van der Waals surface area contributed by atoms with Gasteiger partial charge in [0.25, 0.3) is 0 Å². The van der Waals surface area contributed by atoms with Crippen LogP contribution in [0.4, 0.5) is 10.5 Å². The molecule has 2 saturated heterocycles. The summed E-state index contributed by atoms with van der Waals surface area (Å²) in [6.07, 6.45) is 1.98. The average Bonchev–Trinajstić information content (AvgIpc) is 2.88. The molecule has 0 bridgehead atoms. The van der Waals surface area contributed by atoms with Crippen LogP contribution in [0.3, 0.4) is 0 Å². The minimum Gasteiger partial charge on any atom is -0.395 e. The van der Waals surface area contributed by atoms with Gasteiger partial charge in [0.05, 0.1) is 6.61 Å². The number of urea groups is 1. The molecule has 2 aliphatic rings. The molecule has 35 heavy (non-hydrogen) atoms. The van der Waals surface area contributed by atoms with E-state index in [1.807, 2.05) is 65.6 Å². The van der Waals surface area contributed by atoms with E-state index in [9.17, 15) is 9.90 Å². The maximum atomic E-state index is 13.1. The van der Waals surface area contributed by atoms with Crippen LogP contribution >= 0.6 is 0 Å². The number of carbonyl (C=O) groups excluding carboxylic acids is 1. The second-order valence-electron chi connectivity index (χ2n) is 9.27. The fourth-order valence-electron chi connectivity index (χ4n) is 5.30. The van der Waals surface area contributed by atoms with Gasteiger partial charge in [-0.2, -0.15) is 0 Å². The second-order valence-corrected chi connectivity index (χ2v) is 9.27. The fraction of sp³-hybridized carbons (Fsp3) is 0.300. The standard InChI is InChI=1S/C30H31N3O2/c34-22-28-29(25-17-15-24(16-18-25)14-13-23-9-3-1-4-10-23)27-21-32(19-7-8-20-33(27)28)30(35)31-26-11-5-2-6-12-26/h1-6,9-12,15-18,27-29,34H,7-8,19-22H2,(H,31,35)/t27-,28+,29?/m0/s1. The molecule has 0 radical (unpaired) electrons. The smallest absolute Gasteiger partial charge is 0.321 e. The molecule has 0 saturated carbocycles. The van der Waals surface area contributed by atoms with Crippen molar-refractivity contribution < 1.29 is 9.90 Å². The Morgan fingerprint density at radius 3 is 2.17 bits per heavy atom. The molecular weight excluding hydrogens is 434 g/mol. The fourth-order valence-corrected chi connectivity index (χ4v) is 5.30. The number of benzene rings is 3. The molecule has 2 N–H and O–H groups in total. The van der Waals surface area contributed by atoms with Gasteiger partial charge in [0.2, 0.25) is 0 Å². The third kappa shape index (κ3) is 5.24. The van der Waals surface area contributed by atoms with Gasteiger partial charge in [-0.1, -0.05) is 60.4 Å². The van der Waals surface area contributed by atoms with Gasteiger partial charge < -0.3 is 15.3 Å². The first-order valence-corrected chi connectivity index (χ1v) is 12.4. The third-order valence-corrected chi connectivity index (χ3v) is 7.10. The highest BCUT2D eigenvalue weighted by molar-refractivity contribution is 5.89. The van der Waals surface area contributed by atoms with Crippen molar-refractivity contribution in [1.29, 1.82) is 0 Å². The maximum absolute atomic E-state index is 13.1. The molecule has 0 spiro atoms. The molecule has 2 fully saturated rings. The SMILES string of the molecule is O=C(Nc1ccccc1)N1CCCCN2[C@H](CO)C(c3ccc(C#Cc4ccccc4)cc3)[C@@H]2C1. The number of hydrogen-bond donors (Lipinski definition) is 2. The zero-order valence-electron chi connectivity index (χ0n) is 19.8. The van der Waals surface area contributed by atoms with E-state index in [0.29, 0.717) is 6.54 Å². The van der Waals surface area contributed by atoms with E-state index in [-0.39, 0.29) is 30.6 Å². The molecule has 0 aromatic heterocycles. The summed E-state index contributed by atoms with van der Waals surface area (Å²) in [7, 11) is 0. The summed E-state index contributed by atoms with van der Waals surface area (Å²) in [6, 6.07) is 28.2. The van der Waals surface area contributed by atoms with Crippen LogP contribution < -0.4 is 5.32 Å². The van der Waals surface area contributed by atoms with E-state index in [2.05, 4.69) is 46.3 Å². The first-order chi connectivity index (χ1) is 17.2. The van der Waals surface area contributed by atoms with E-state index in [4.69, 9.17) is 0 Å². The summed E-state index contributed by atoms with van der Waals surface area (Å²) in [6.45, 7) is 2.47. The van der Waals surface area contributed by atoms with Crippen LogP contribution in [0.25, 0.3) is 0 Å². The number of amides is 2. The summed E-state index contributed by atoms with van der Waals surface area (Å²) < 4.78 is 0. The Morgan fingerprint density at radius 2 is 1.49 bits per heavy atom. The molecule has 3 atom stereocenters. The van der Waals surface area contributed by atoms with Gasteiger partial charge in [-0.05, 0) is 61.3 Å². The van der Waals surface area contributed by atoms with Crippen LogP contribution in [-0.4, -0.2) is 59.3 Å². The zero-order valence-corrected chi connectivity index (χ0v) is 19.8. The van der Waals surface area contributed by atoms with Crippen LogP contribution in [0.15, 0.2) is 84.9 Å². The highest BCUT2D eigenvalue weighted by Gasteiger charge is 2.49. The first kappa shape index (κ1) is 23.2. The van der Waals surface area contributed by atoms with Crippen molar-refractivity contribution in [2.45, 2.75) is 30.8 Å². The molecule has 5 rings (SSSR count). The summed E-state index contributed by atoms with van der Waals surface area (Å²) >= 11 is 0. The molecular formula is C30H31N3O2. The van der Waals surface area contributed by atoms with Crippen molar-refractivity contribution in [1.82, 2.24) is 9.80 Å². The monoisotopic (exact) mass is 465 g/mol. The number of carbonyl (C=O) groups is 1. The molecule has 2 amide bonds. The number of hydrogen-bond acceptors (Lipinski definition) is 3. The summed E-state index contributed by atoms with van der Waals surface area (Å²) in [4.78, 5) is 17.4. The number of nitrogens with one attached hydrogen (secondary N) is 1. The van der Waals surface area contributed by atoms with Crippen molar-refractivity contribution in [3.63, 3.8) is 0 Å². The Bertz CT molecular complexity index is 1190. The predicted octanol–water partition coefficient (Wildman–Crippen LogP) is 4.54. The van der Waals surface area contributed by atoms with Gasteiger partial charge in [0.1, 0.15) is 0 Å². The largest absolute Gasteiger partial charge is 0.395 e. The number of aliphatic hydroxyl groups is 1. The Kier molecular flexibility index (Phi) is 7.13. The topological polar surface area (TPSA) is 55.8 Å². The van der Waals surface area contributed by atoms with Crippen LogP contribution in [0.2, 0.25) is 0 Å². The molecule has 0 aliphatic carbocycles. The number of fused-ring (bicyclic) bond motifs is 1. The Labute approximate surface area is 207 Å². The van der Waals surface area contributed by atoms with E-state index in [1.54, 1.807) is 0 Å². The normalized spacial score (nSPS) is 22.0. The van der Waals surface area contributed by atoms with Gasteiger partial charge in [-0.15, -0.1) is 0 Å². The van der Waals surface area contributed by atoms with Crippen LogP contribution in [0.1, 0.15) is 35.4 Å². The van der Waals surface area contributed by atoms with Crippen LogP contribution in [0, 0.1) is 11.8 Å². The van der Waals surface area contributed by atoms with Gasteiger partial charge in [-0.25, -0.2) is 4.79 Å². The maximum Gasteiger partial charge on any atom is 0.321 e. The lowest BCUT2D eigenvalue weighted by Gasteiger charge is -2.57. The molecule has 178 valence electrons. The van der Waals surface area contributed by atoms with Gasteiger partial charge in [-0.3, -0.25) is 4.90 Å². The lowest BCUT2D eigenvalue weighted by molar-refractivity contribution is -0.0585. The summed E-state index contributed by atoms with van der Waals surface area (Å²) in [5.41, 5.74) is 3.97. The summed E-state index contributed by atoms with van der Waals surface area (Å²) in [5.74, 6) is 6.63. The number of aliphatic hydroxyl groups excluding tert-OH is 1. The number of para-hydroxylation sites is 1. The highest BCUT2D eigenvalue weighted by Crippen LogP contribution is 2.42. The molecule has 2 aliphatic heterocycles. The van der Waals surface area contributed by atoms with Gasteiger partial charge >= 0.3 is 6.03 Å². The second kappa shape index (κ2) is 10.8. The minimum atomic E-state index is -0.0595. The highest BCUT2D eigenvalue weighted by atomic mass is 16.3. The van der Waals surface area contributed by atoms with Crippen molar-refractivity contribution in [3.05, 3.63) is 102 Å². The van der Waals surface area contributed by atoms with Crippen LogP contribution in [0.5, 0.6) is 0 Å². The minimum absolute atomic E-state index is 0.0595. The van der Waals surface area contributed by atoms with Crippen molar-refractivity contribution in [2.75, 3.05) is 31.6 Å². The Morgan fingerprint density at radius 1 is 0.857 bits per heavy atom. The average molecular weight is 466 g/mol. The number of anilines is 1. The molecule has 3 aromatic rings. The van der Waals surface area contributed by atoms with Gasteiger partial charge in [0, 0.05) is 47.9 Å². The van der Waals surface area contributed by atoms with E-state index >= 15 is 0 Å². The first-order valence-electron chi connectivity index (χ1n) is 12.4. The molecule has 5 heteroatoms. The van der Waals surface area contributed by atoms with E-state index < -0.39 is 0 Å². The number of nitrogens with zero attached hydrogens (tertiary/aromatic N) is 2. The third-order valence-electron chi connectivity index (χ3n) is 7.10. The lowest BCUT2D eigenvalue weighted by atomic mass is 9.74. The number of rotatable bonds is 3. The molecule has 2 heterocycles. The van der Waals surface area contributed by atoms with E-state index in [0.717, 1.165) is 42.7 Å². The summed E-state index contributed by atoms with van der Waals surface area (Å²) in [5, 5.41) is 13.2.